The van der Waals surface area contributed by atoms with Crippen LogP contribution in [0.5, 0.6) is 0 Å². The summed E-state index contributed by atoms with van der Waals surface area (Å²) in [5, 5.41) is -0.679. The predicted molar refractivity (Wildman–Crippen MR) is 65.5 cm³/mol. The molecular formula is C12H22O4S. The van der Waals surface area contributed by atoms with E-state index < -0.39 is 21.0 Å². The highest BCUT2D eigenvalue weighted by Gasteiger charge is 2.55. The first-order valence-electron chi connectivity index (χ1n) is 6.58. The van der Waals surface area contributed by atoms with Crippen LogP contribution in [-0.2, 0) is 14.9 Å². The first kappa shape index (κ1) is 13.3. The molecule has 0 amide bonds. The monoisotopic (exact) mass is 262 g/mol. The molecule has 5 heteroatoms. The maximum absolute atomic E-state index is 11.2. The Morgan fingerprint density at radius 1 is 1.35 bits per heavy atom. The molecule has 2 aliphatic rings. The van der Waals surface area contributed by atoms with Gasteiger partial charge >= 0.3 is 0 Å². The van der Waals surface area contributed by atoms with E-state index in [2.05, 4.69) is 6.92 Å². The number of ether oxygens (including phenoxy) is 1. The molecule has 1 aliphatic heterocycles. The normalized spacial score (nSPS) is 38.0. The Morgan fingerprint density at radius 2 is 2.00 bits per heavy atom. The highest BCUT2D eigenvalue weighted by molar-refractivity contribution is 7.86. The zero-order valence-corrected chi connectivity index (χ0v) is 11.2. The van der Waals surface area contributed by atoms with E-state index in [4.69, 9.17) is 9.29 Å². The highest BCUT2D eigenvalue weighted by atomic mass is 32.2. The van der Waals surface area contributed by atoms with E-state index in [0.29, 0.717) is 5.92 Å². The second-order valence-electron chi connectivity index (χ2n) is 5.46. The van der Waals surface area contributed by atoms with Crippen LogP contribution in [-0.4, -0.2) is 30.4 Å². The van der Waals surface area contributed by atoms with Crippen LogP contribution < -0.4 is 0 Å². The minimum atomic E-state index is -3.93. The van der Waals surface area contributed by atoms with Crippen molar-refractivity contribution in [1.82, 2.24) is 0 Å². The van der Waals surface area contributed by atoms with Crippen molar-refractivity contribution in [3.63, 3.8) is 0 Å². The quantitative estimate of drug-likeness (QED) is 0.790. The largest absolute Gasteiger partial charge is 0.372 e. The lowest BCUT2D eigenvalue weighted by atomic mass is 9.73. The lowest BCUT2D eigenvalue weighted by Crippen LogP contribution is -2.62. The van der Waals surface area contributed by atoms with Crippen LogP contribution in [0.25, 0.3) is 0 Å². The fraction of sp³-hybridized carbons (Fsp3) is 1.00. The number of hydrogen-bond donors (Lipinski definition) is 1. The number of rotatable bonds is 4. The third-order valence-corrected chi connectivity index (χ3v) is 5.67. The Bertz CT molecular complexity index is 355. The molecule has 100 valence electrons. The molecule has 1 atom stereocenters. The van der Waals surface area contributed by atoms with E-state index in [1.54, 1.807) is 0 Å². The first-order valence-corrected chi connectivity index (χ1v) is 8.08. The molecule has 0 aromatic heterocycles. The van der Waals surface area contributed by atoms with Crippen molar-refractivity contribution in [3.05, 3.63) is 0 Å². The van der Waals surface area contributed by atoms with Gasteiger partial charge in [-0.25, -0.2) is 0 Å². The van der Waals surface area contributed by atoms with Crippen LogP contribution in [0.3, 0.4) is 0 Å². The summed E-state index contributed by atoms with van der Waals surface area (Å²) < 4.78 is 37.1. The molecule has 0 aromatic rings. The third-order valence-electron chi connectivity index (χ3n) is 4.39. The van der Waals surface area contributed by atoms with Crippen molar-refractivity contribution < 1.29 is 17.7 Å². The van der Waals surface area contributed by atoms with Gasteiger partial charge in [-0.2, -0.15) is 8.42 Å². The fourth-order valence-corrected chi connectivity index (χ4v) is 4.25. The Balaban J connectivity index is 1.90. The molecule has 4 nitrogen and oxygen atoms in total. The van der Waals surface area contributed by atoms with E-state index in [9.17, 15) is 8.42 Å². The zero-order chi connectivity index (χ0) is 12.5. The molecule has 1 saturated heterocycles. The van der Waals surface area contributed by atoms with Crippen LogP contribution >= 0.6 is 0 Å². The highest BCUT2D eigenvalue weighted by Crippen LogP contribution is 2.46. The van der Waals surface area contributed by atoms with Crippen molar-refractivity contribution >= 4 is 10.1 Å². The molecule has 0 radical (unpaired) electrons. The average molecular weight is 262 g/mol. The summed E-state index contributed by atoms with van der Waals surface area (Å²) in [6.07, 6.45) is 7.34. The van der Waals surface area contributed by atoms with Gasteiger partial charge < -0.3 is 4.74 Å². The van der Waals surface area contributed by atoms with Crippen molar-refractivity contribution in [3.8, 4) is 0 Å². The van der Waals surface area contributed by atoms with Gasteiger partial charge in [-0.3, -0.25) is 4.55 Å². The molecule has 2 rings (SSSR count). The predicted octanol–water partition coefficient (Wildman–Crippen LogP) is 2.39. The summed E-state index contributed by atoms with van der Waals surface area (Å²) in [7, 11) is -3.93. The van der Waals surface area contributed by atoms with E-state index in [1.807, 2.05) is 0 Å². The second-order valence-corrected chi connectivity index (χ2v) is 7.06. The van der Waals surface area contributed by atoms with Gasteiger partial charge in [-0.1, -0.05) is 26.2 Å². The summed E-state index contributed by atoms with van der Waals surface area (Å²) in [4.78, 5) is 0. The van der Waals surface area contributed by atoms with Gasteiger partial charge in [0.25, 0.3) is 10.1 Å². The molecular weight excluding hydrogens is 240 g/mol. The van der Waals surface area contributed by atoms with Crippen molar-refractivity contribution in [2.24, 2.45) is 5.92 Å². The Labute approximate surface area is 103 Å². The lowest BCUT2D eigenvalue weighted by Gasteiger charge is -2.51. The molecule has 1 saturated carbocycles. The molecule has 1 N–H and O–H groups in total. The van der Waals surface area contributed by atoms with Gasteiger partial charge in [0.2, 0.25) is 0 Å². The maximum Gasteiger partial charge on any atom is 0.272 e. The Morgan fingerprint density at radius 3 is 2.41 bits per heavy atom. The van der Waals surface area contributed by atoms with Crippen molar-refractivity contribution in [1.29, 1.82) is 0 Å². The maximum atomic E-state index is 11.2. The van der Waals surface area contributed by atoms with Crippen LogP contribution in [0.15, 0.2) is 0 Å². The third kappa shape index (κ3) is 2.66. The molecule has 1 spiro atoms. The molecule has 0 bridgehead atoms. The Hall–Kier alpha value is -0.130. The summed E-state index contributed by atoms with van der Waals surface area (Å²) in [6, 6.07) is 0. The van der Waals surface area contributed by atoms with E-state index in [1.165, 1.54) is 19.3 Å². The smallest absolute Gasteiger partial charge is 0.272 e. The SMILES string of the molecule is CCCCC1CCC2(CC1)OCC2S(=O)(=O)O. The molecule has 2 fully saturated rings. The van der Waals surface area contributed by atoms with Gasteiger partial charge in [-0.05, 0) is 31.6 Å². The van der Waals surface area contributed by atoms with Crippen molar-refractivity contribution in [2.45, 2.75) is 62.7 Å². The summed E-state index contributed by atoms with van der Waals surface area (Å²) in [5.41, 5.74) is -0.559. The Kier molecular flexibility index (Phi) is 3.80. The second kappa shape index (κ2) is 4.86. The average Bonchev–Trinajstić information content (AvgIpc) is 2.23. The topological polar surface area (TPSA) is 63.6 Å². The number of hydrogen-bond acceptors (Lipinski definition) is 3. The fourth-order valence-electron chi connectivity index (χ4n) is 3.16. The van der Waals surface area contributed by atoms with E-state index >= 15 is 0 Å². The van der Waals surface area contributed by atoms with E-state index in [0.717, 1.165) is 25.7 Å². The van der Waals surface area contributed by atoms with Gasteiger partial charge in [-0.15, -0.1) is 0 Å². The molecule has 1 unspecified atom stereocenters. The van der Waals surface area contributed by atoms with Crippen molar-refractivity contribution in [2.75, 3.05) is 6.61 Å². The van der Waals surface area contributed by atoms with Gasteiger partial charge in [0.15, 0.2) is 0 Å². The molecule has 17 heavy (non-hydrogen) atoms. The standard InChI is InChI=1S/C12H22O4S/c1-2-3-4-10-5-7-12(8-6-10)11(9-16-12)17(13,14)15/h10-11H,2-9H2,1H3,(H,13,14,15). The zero-order valence-electron chi connectivity index (χ0n) is 10.4. The van der Waals surface area contributed by atoms with Crippen LogP contribution in [0.4, 0.5) is 0 Å². The summed E-state index contributed by atoms with van der Waals surface area (Å²) in [5.74, 6) is 0.715. The molecule has 0 aromatic carbocycles. The van der Waals surface area contributed by atoms with Gasteiger partial charge in [0.1, 0.15) is 5.25 Å². The first-order chi connectivity index (χ1) is 7.98. The summed E-state index contributed by atoms with van der Waals surface area (Å²) in [6.45, 7) is 2.35. The van der Waals surface area contributed by atoms with Crippen LogP contribution in [0.1, 0.15) is 51.9 Å². The van der Waals surface area contributed by atoms with E-state index in [-0.39, 0.29) is 6.61 Å². The lowest BCUT2D eigenvalue weighted by molar-refractivity contribution is -0.166. The van der Waals surface area contributed by atoms with Crippen LogP contribution in [0, 0.1) is 5.92 Å². The minimum Gasteiger partial charge on any atom is -0.372 e. The molecule has 1 heterocycles. The summed E-state index contributed by atoms with van der Waals surface area (Å²) >= 11 is 0. The van der Waals surface area contributed by atoms with Gasteiger partial charge in [0.05, 0.1) is 12.2 Å². The number of unbranched alkanes of at least 4 members (excludes halogenated alkanes) is 1. The minimum absolute atomic E-state index is 0.165. The van der Waals surface area contributed by atoms with Crippen LogP contribution in [0.2, 0.25) is 0 Å². The molecule has 1 aliphatic carbocycles. The van der Waals surface area contributed by atoms with Gasteiger partial charge in [0, 0.05) is 0 Å².